The van der Waals surface area contributed by atoms with Crippen molar-refractivity contribution in [2.24, 2.45) is 7.05 Å². The van der Waals surface area contributed by atoms with Crippen molar-refractivity contribution in [1.29, 1.82) is 0 Å². The lowest BCUT2D eigenvalue weighted by Gasteiger charge is -2.23. The second kappa shape index (κ2) is 4.39. The average molecular weight is 246 g/mol. The average Bonchev–Trinajstić information content (AvgIpc) is 2.66. The molecule has 1 aromatic carbocycles. The van der Waals surface area contributed by atoms with Crippen molar-refractivity contribution in [3.8, 4) is 0 Å². The Bertz CT molecular complexity index is 580. The van der Waals surface area contributed by atoms with Crippen LogP contribution in [0.15, 0.2) is 18.3 Å². The molecule has 1 fully saturated rings. The van der Waals surface area contributed by atoms with Gasteiger partial charge in [0.05, 0.1) is 5.52 Å². The van der Waals surface area contributed by atoms with Crippen LogP contribution >= 0.6 is 0 Å². The molecule has 2 heterocycles. The summed E-state index contributed by atoms with van der Waals surface area (Å²) in [5, 5.41) is 4.45. The van der Waals surface area contributed by atoms with Crippen LogP contribution in [0.25, 0.3) is 10.9 Å². The Hall–Kier alpha value is -1.35. The fourth-order valence-corrected chi connectivity index (χ4v) is 3.08. The zero-order valence-corrected chi connectivity index (χ0v) is 11.0. The van der Waals surface area contributed by atoms with Crippen LogP contribution in [-0.4, -0.2) is 17.7 Å². The number of hydrogen-bond donors (Lipinski definition) is 1. The van der Waals surface area contributed by atoms with E-state index in [9.17, 15) is 4.39 Å². The van der Waals surface area contributed by atoms with Crippen LogP contribution in [0.2, 0.25) is 0 Å². The Labute approximate surface area is 107 Å². The highest BCUT2D eigenvalue weighted by molar-refractivity contribution is 5.85. The predicted molar refractivity (Wildman–Crippen MR) is 72.5 cm³/mol. The Balaban J connectivity index is 2.11. The summed E-state index contributed by atoms with van der Waals surface area (Å²) in [5.74, 6) is 0.362. The van der Waals surface area contributed by atoms with Gasteiger partial charge in [-0.3, -0.25) is 0 Å². The molecule has 3 rings (SSSR count). The van der Waals surface area contributed by atoms with Crippen LogP contribution in [0, 0.1) is 12.7 Å². The number of nitrogens with zero attached hydrogens (tertiary/aromatic N) is 1. The molecule has 1 N–H and O–H groups in total. The number of aryl methyl sites for hydroxylation is 2. The molecule has 1 aliphatic heterocycles. The number of fused-ring (bicyclic) bond motifs is 1. The van der Waals surface area contributed by atoms with Gasteiger partial charge in [0.1, 0.15) is 5.82 Å². The van der Waals surface area contributed by atoms with Crippen molar-refractivity contribution in [3.63, 3.8) is 0 Å². The zero-order chi connectivity index (χ0) is 12.7. The van der Waals surface area contributed by atoms with Crippen LogP contribution < -0.4 is 5.32 Å². The number of rotatable bonds is 1. The highest BCUT2D eigenvalue weighted by Crippen LogP contribution is 2.30. The molecule has 0 bridgehead atoms. The molecule has 1 atom stereocenters. The minimum Gasteiger partial charge on any atom is -0.348 e. The minimum absolute atomic E-state index is 0.0938. The molecule has 2 aromatic rings. The molecule has 1 aromatic heterocycles. The van der Waals surface area contributed by atoms with Gasteiger partial charge in [0.15, 0.2) is 0 Å². The topological polar surface area (TPSA) is 17.0 Å². The third-order valence-corrected chi connectivity index (χ3v) is 4.02. The highest BCUT2D eigenvalue weighted by Gasteiger charge is 2.18. The predicted octanol–water partition coefficient (Wildman–Crippen LogP) is 3.09. The van der Waals surface area contributed by atoms with Crippen molar-refractivity contribution in [1.82, 2.24) is 9.88 Å². The Kier molecular flexibility index (Phi) is 2.86. The number of nitrogens with one attached hydrogen (secondary N) is 1. The van der Waals surface area contributed by atoms with Crippen LogP contribution in [0.1, 0.15) is 29.9 Å². The molecular weight excluding hydrogens is 227 g/mol. The van der Waals surface area contributed by atoms with Crippen LogP contribution in [0.5, 0.6) is 0 Å². The minimum atomic E-state index is -0.0938. The van der Waals surface area contributed by atoms with Gasteiger partial charge >= 0.3 is 0 Å². The molecule has 96 valence electrons. The molecule has 1 saturated heterocycles. The summed E-state index contributed by atoms with van der Waals surface area (Å²) in [7, 11) is 1.90. The summed E-state index contributed by atoms with van der Waals surface area (Å²) in [6, 6.07) is 3.89. The SMILES string of the molecule is Cc1cn(C)c2c(F)cc(C3CCCNC3)cc12. The van der Waals surface area contributed by atoms with Crippen molar-refractivity contribution < 1.29 is 4.39 Å². The molecule has 1 aliphatic rings. The van der Waals surface area contributed by atoms with E-state index in [-0.39, 0.29) is 5.82 Å². The number of hydrogen-bond acceptors (Lipinski definition) is 1. The third-order valence-electron chi connectivity index (χ3n) is 4.02. The first-order chi connectivity index (χ1) is 8.66. The summed E-state index contributed by atoms with van der Waals surface area (Å²) in [4.78, 5) is 0. The molecule has 2 nitrogen and oxygen atoms in total. The van der Waals surface area contributed by atoms with E-state index in [1.165, 1.54) is 6.42 Å². The van der Waals surface area contributed by atoms with E-state index in [0.717, 1.165) is 41.5 Å². The maximum absolute atomic E-state index is 14.2. The van der Waals surface area contributed by atoms with E-state index in [4.69, 9.17) is 0 Å². The largest absolute Gasteiger partial charge is 0.348 e. The van der Waals surface area contributed by atoms with Gasteiger partial charge in [-0.05, 0) is 55.5 Å². The molecule has 3 heteroatoms. The van der Waals surface area contributed by atoms with E-state index in [0.29, 0.717) is 5.92 Å². The lowest BCUT2D eigenvalue weighted by molar-refractivity contribution is 0.460. The van der Waals surface area contributed by atoms with E-state index in [1.807, 2.05) is 24.7 Å². The maximum atomic E-state index is 14.2. The second-order valence-electron chi connectivity index (χ2n) is 5.37. The van der Waals surface area contributed by atoms with Gasteiger partial charge in [-0.25, -0.2) is 4.39 Å². The van der Waals surface area contributed by atoms with Crippen molar-refractivity contribution in [2.45, 2.75) is 25.7 Å². The Morgan fingerprint density at radius 2 is 2.22 bits per heavy atom. The van der Waals surface area contributed by atoms with Crippen molar-refractivity contribution >= 4 is 10.9 Å². The van der Waals surface area contributed by atoms with Gasteiger partial charge < -0.3 is 9.88 Å². The molecule has 0 spiro atoms. The number of halogens is 1. The molecule has 0 saturated carbocycles. The summed E-state index contributed by atoms with van der Waals surface area (Å²) in [6.45, 7) is 4.10. The number of piperidine rings is 1. The van der Waals surface area contributed by atoms with E-state index < -0.39 is 0 Å². The molecule has 0 radical (unpaired) electrons. The smallest absolute Gasteiger partial charge is 0.147 e. The van der Waals surface area contributed by atoms with Gasteiger partial charge in [-0.2, -0.15) is 0 Å². The van der Waals surface area contributed by atoms with Gasteiger partial charge in [0.25, 0.3) is 0 Å². The maximum Gasteiger partial charge on any atom is 0.147 e. The summed E-state index contributed by atoms with van der Waals surface area (Å²) < 4.78 is 16.1. The Morgan fingerprint density at radius 1 is 1.39 bits per heavy atom. The molecule has 0 aliphatic carbocycles. The van der Waals surface area contributed by atoms with Crippen molar-refractivity contribution in [2.75, 3.05) is 13.1 Å². The summed E-state index contributed by atoms with van der Waals surface area (Å²) >= 11 is 0. The highest BCUT2D eigenvalue weighted by atomic mass is 19.1. The molecule has 18 heavy (non-hydrogen) atoms. The number of benzene rings is 1. The lowest BCUT2D eigenvalue weighted by atomic mass is 9.90. The van der Waals surface area contributed by atoms with Crippen LogP contribution in [0.3, 0.4) is 0 Å². The van der Waals surface area contributed by atoms with Gasteiger partial charge in [-0.15, -0.1) is 0 Å². The second-order valence-corrected chi connectivity index (χ2v) is 5.37. The van der Waals surface area contributed by atoms with Gasteiger partial charge in [-0.1, -0.05) is 0 Å². The van der Waals surface area contributed by atoms with Crippen LogP contribution in [-0.2, 0) is 7.05 Å². The fourth-order valence-electron chi connectivity index (χ4n) is 3.08. The Morgan fingerprint density at radius 3 is 2.94 bits per heavy atom. The first kappa shape index (κ1) is 11.7. The monoisotopic (exact) mass is 246 g/mol. The van der Waals surface area contributed by atoms with Crippen molar-refractivity contribution in [3.05, 3.63) is 35.3 Å². The van der Waals surface area contributed by atoms with Gasteiger partial charge in [0, 0.05) is 25.2 Å². The quantitative estimate of drug-likeness (QED) is 0.818. The third kappa shape index (κ3) is 1.83. The summed E-state index contributed by atoms with van der Waals surface area (Å²) in [6.07, 6.45) is 4.33. The van der Waals surface area contributed by atoms with Gasteiger partial charge in [0.2, 0.25) is 0 Å². The zero-order valence-electron chi connectivity index (χ0n) is 11.0. The van der Waals surface area contributed by atoms with E-state index in [2.05, 4.69) is 11.4 Å². The fraction of sp³-hybridized carbons (Fsp3) is 0.467. The molecule has 0 amide bonds. The van der Waals surface area contributed by atoms with Crippen LogP contribution in [0.4, 0.5) is 4.39 Å². The lowest BCUT2D eigenvalue weighted by Crippen LogP contribution is -2.28. The first-order valence-electron chi connectivity index (χ1n) is 6.62. The first-order valence-corrected chi connectivity index (χ1v) is 6.62. The summed E-state index contributed by atoms with van der Waals surface area (Å²) in [5.41, 5.74) is 3.01. The normalized spacial score (nSPS) is 20.5. The molecular formula is C15H19FN2. The number of aromatic nitrogens is 1. The molecule has 1 unspecified atom stereocenters. The van der Waals surface area contributed by atoms with E-state index in [1.54, 1.807) is 6.07 Å². The standard InChI is InChI=1S/C15H19FN2/c1-10-9-18(2)15-13(10)6-12(7-14(15)16)11-4-3-5-17-8-11/h6-7,9,11,17H,3-5,8H2,1-2H3. The van der Waals surface area contributed by atoms with E-state index >= 15 is 0 Å².